The Morgan fingerprint density at radius 2 is 1.86 bits per heavy atom. The van der Waals surface area contributed by atoms with Crippen LogP contribution in [0.5, 0.6) is 0 Å². The van der Waals surface area contributed by atoms with E-state index in [9.17, 15) is 9.59 Å². The van der Waals surface area contributed by atoms with Gasteiger partial charge in [0.15, 0.2) is 0 Å². The van der Waals surface area contributed by atoms with E-state index in [4.69, 9.17) is 5.73 Å². The van der Waals surface area contributed by atoms with Gasteiger partial charge in [-0.3, -0.25) is 9.59 Å². The summed E-state index contributed by atoms with van der Waals surface area (Å²) in [5, 5.41) is 3.33. The summed E-state index contributed by atoms with van der Waals surface area (Å²) in [4.78, 5) is 25.2. The van der Waals surface area contributed by atoms with Gasteiger partial charge < -0.3 is 16.0 Å². The lowest BCUT2D eigenvalue weighted by Gasteiger charge is -2.25. The van der Waals surface area contributed by atoms with Gasteiger partial charge in [0.2, 0.25) is 11.8 Å². The van der Waals surface area contributed by atoms with Crippen LogP contribution in [0.2, 0.25) is 0 Å². The summed E-state index contributed by atoms with van der Waals surface area (Å²) in [6.45, 7) is 2.50. The van der Waals surface area contributed by atoms with Crippen molar-refractivity contribution in [2.45, 2.75) is 32.2 Å². The van der Waals surface area contributed by atoms with Crippen molar-refractivity contribution in [1.82, 2.24) is 10.2 Å². The Balaban J connectivity index is 1.89. The average Bonchev–Trinajstić information content (AvgIpc) is 2.53. The van der Waals surface area contributed by atoms with Crippen molar-refractivity contribution in [3.8, 4) is 0 Å². The van der Waals surface area contributed by atoms with Crippen LogP contribution >= 0.6 is 0 Å². The highest BCUT2D eigenvalue weighted by atomic mass is 16.2. The van der Waals surface area contributed by atoms with Crippen LogP contribution in [-0.2, 0) is 16.1 Å². The number of hydrogen-bond acceptors (Lipinski definition) is 3. The van der Waals surface area contributed by atoms with Crippen LogP contribution in [0.15, 0.2) is 30.3 Å². The maximum absolute atomic E-state index is 12.4. The van der Waals surface area contributed by atoms with Gasteiger partial charge in [-0.1, -0.05) is 30.3 Å². The van der Waals surface area contributed by atoms with Crippen LogP contribution in [0.25, 0.3) is 0 Å². The van der Waals surface area contributed by atoms with Crippen molar-refractivity contribution in [3.63, 3.8) is 0 Å². The molecular weight excluding hydrogens is 278 g/mol. The van der Waals surface area contributed by atoms with Crippen LogP contribution in [0, 0.1) is 5.92 Å². The normalized spacial score (nSPS) is 15.5. The fourth-order valence-electron chi connectivity index (χ4n) is 2.88. The summed E-state index contributed by atoms with van der Waals surface area (Å²) in [6.07, 6.45) is 3.64. The van der Waals surface area contributed by atoms with Crippen LogP contribution in [0.1, 0.15) is 31.2 Å². The quantitative estimate of drug-likeness (QED) is 0.797. The molecule has 0 spiro atoms. The zero-order valence-electron chi connectivity index (χ0n) is 13.0. The molecule has 3 N–H and O–H groups in total. The number of nitrogens with two attached hydrogens (primary N) is 1. The molecule has 1 aliphatic rings. The summed E-state index contributed by atoms with van der Waals surface area (Å²) >= 11 is 0. The summed E-state index contributed by atoms with van der Waals surface area (Å²) in [5.74, 6) is 0.157. The van der Waals surface area contributed by atoms with Crippen molar-refractivity contribution in [1.29, 1.82) is 0 Å². The number of carbonyl (C=O) groups is 2. The Morgan fingerprint density at radius 1 is 1.18 bits per heavy atom. The minimum Gasteiger partial charge on any atom is -0.368 e. The molecule has 2 amide bonds. The number of nitrogens with one attached hydrogen (secondary N) is 1. The zero-order chi connectivity index (χ0) is 15.8. The molecule has 0 saturated carbocycles. The largest absolute Gasteiger partial charge is 0.368 e. The molecule has 120 valence electrons. The number of amides is 2. The fourth-order valence-corrected chi connectivity index (χ4v) is 2.88. The third-order valence-electron chi connectivity index (χ3n) is 4.14. The molecule has 0 aromatic heterocycles. The van der Waals surface area contributed by atoms with E-state index in [1.807, 2.05) is 30.3 Å². The predicted octanol–water partition coefficient (Wildman–Crippen LogP) is 1.28. The van der Waals surface area contributed by atoms with Gasteiger partial charge in [0.05, 0.1) is 6.54 Å². The second kappa shape index (κ2) is 8.54. The molecule has 5 nitrogen and oxygen atoms in total. The number of hydrogen-bond donors (Lipinski definition) is 2. The molecule has 0 radical (unpaired) electrons. The average molecular weight is 303 g/mol. The highest BCUT2D eigenvalue weighted by Gasteiger charge is 2.19. The second-order valence-electron chi connectivity index (χ2n) is 5.93. The first-order chi connectivity index (χ1) is 10.6. The monoisotopic (exact) mass is 303 g/mol. The van der Waals surface area contributed by atoms with E-state index >= 15 is 0 Å². The molecule has 0 atom stereocenters. The zero-order valence-corrected chi connectivity index (χ0v) is 13.0. The van der Waals surface area contributed by atoms with Crippen LogP contribution in [0.4, 0.5) is 0 Å². The number of nitrogens with zero attached hydrogens (tertiary/aromatic N) is 1. The van der Waals surface area contributed by atoms with Gasteiger partial charge >= 0.3 is 0 Å². The van der Waals surface area contributed by atoms with E-state index < -0.39 is 5.91 Å². The Labute approximate surface area is 131 Å². The van der Waals surface area contributed by atoms with Gasteiger partial charge in [-0.2, -0.15) is 0 Å². The van der Waals surface area contributed by atoms with E-state index in [2.05, 4.69) is 5.32 Å². The van der Waals surface area contributed by atoms with Gasteiger partial charge in [-0.25, -0.2) is 0 Å². The topological polar surface area (TPSA) is 75.4 Å². The minimum absolute atomic E-state index is 0.0139. The van der Waals surface area contributed by atoms with Crippen LogP contribution in [0.3, 0.4) is 0 Å². The van der Waals surface area contributed by atoms with Gasteiger partial charge in [0, 0.05) is 13.0 Å². The first-order valence-corrected chi connectivity index (χ1v) is 7.96. The summed E-state index contributed by atoms with van der Waals surface area (Å²) in [6, 6.07) is 9.69. The van der Waals surface area contributed by atoms with Crippen LogP contribution in [-0.4, -0.2) is 36.3 Å². The van der Waals surface area contributed by atoms with E-state index in [1.54, 1.807) is 4.90 Å². The molecule has 1 aromatic carbocycles. The smallest absolute Gasteiger partial charge is 0.237 e. The van der Waals surface area contributed by atoms with Crippen LogP contribution < -0.4 is 11.1 Å². The SMILES string of the molecule is NC(=O)CN(Cc1ccccc1)C(=O)CCC1CCNCC1. The van der Waals surface area contributed by atoms with Crippen molar-refractivity contribution in [2.75, 3.05) is 19.6 Å². The summed E-state index contributed by atoms with van der Waals surface area (Å²) in [5.41, 5.74) is 6.30. The maximum Gasteiger partial charge on any atom is 0.237 e. The number of primary amides is 1. The van der Waals surface area contributed by atoms with Gasteiger partial charge in [0.1, 0.15) is 0 Å². The number of benzene rings is 1. The molecule has 1 heterocycles. The van der Waals surface area contributed by atoms with E-state index in [1.165, 1.54) is 0 Å². The Bertz CT molecular complexity index is 484. The second-order valence-corrected chi connectivity index (χ2v) is 5.93. The van der Waals surface area contributed by atoms with Crippen molar-refractivity contribution in [3.05, 3.63) is 35.9 Å². The Hall–Kier alpha value is -1.88. The highest BCUT2D eigenvalue weighted by molar-refractivity contribution is 5.83. The third kappa shape index (κ3) is 5.48. The van der Waals surface area contributed by atoms with Crippen molar-refractivity contribution in [2.24, 2.45) is 11.7 Å². The lowest BCUT2D eigenvalue weighted by molar-refractivity contribution is -0.136. The molecule has 5 heteroatoms. The first-order valence-electron chi connectivity index (χ1n) is 7.96. The maximum atomic E-state index is 12.4. The Morgan fingerprint density at radius 3 is 2.50 bits per heavy atom. The molecule has 1 fully saturated rings. The molecule has 1 aromatic rings. The number of carbonyl (C=O) groups excluding carboxylic acids is 2. The molecular formula is C17H25N3O2. The molecule has 1 saturated heterocycles. The molecule has 0 unspecified atom stereocenters. The van der Waals surface area contributed by atoms with Crippen molar-refractivity contribution < 1.29 is 9.59 Å². The highest BCUT2D eigenvalue weighted by Crippen LogP contribution is 2.18. The molecule has 1 aliphatic heterocycles. The lowest BCUT2D eigenvalue weighted by atomic mass is 9.93. The van der Waals surface area contributed by atoms with E-state index in [-0.39, 0.29) is 12.5 Å². The van der Waals surface area contributed by atoms with E-state index in [0.29, 0.717) is 18.9 Å². The summed E-state index contributed by atoms with van der Waals surface area (Å²) in [7, 11) is 0. The van der Waals surface area contributed by atoms with Gasteiger partial charge in [0.25, 0.3) is 0 Å². The fraction of sp³-hybridized carbons (Fsp3) is 0.529. The number of rotatable bonds is 7. The first kappa shape index (κ1) is 16.5. The Kier molecular flexibility index (Phi) is 6.40. The van der Waals surface area contributed by atoms with Crippen molar-refractivity contribution >= 4 is 11.8 Å². The summed E-state index contributed by atoms with van der Waals surface area (Å²) < 4.78 is 0. The van der Waals surface area contributed by atoms with Gasteiger partial charge in [-0.15, -0.1) is 0 Å². The molecule has 0 aliphatic carbocycles. The standard InChI is InChI=1S/C17H25N3O2/c18-16(21)13-20(12-15-4-2-1-3-5-15)17(22)7-6-14-8-10-19-11-9-14/h1-5,14,19H,6-13H2,(H2,18,21). The van der Waals surface area contributed by atoms with Gasteiger partial charge in [-0.05, 0) is 43.8 Å². The van der Waals surface area contributed by atoms with E-state index in [0.717, 1.165) is 37.9 Å². The third-order valence-corrected chi connectivity index (χ3v) is 4.14. The lowest BCUT2D eigenvalue weighted by Crippen LogP contribution is -2.38. The molecule has 2 rings (SSSR count). The molecule has 22 heavy (non-hydrogen) atoms. The predicted molar refractivity (Wildman–Crippen MR) is 85.9 cm³/mol. The minimum atomic E-state index is -0.467. The number of piperidine rings is 1. The molecule has 0 bridgehead atoms.